The van der Waals surface area contributed by atoms with Crippen molar-refractivity contribution < 1.29 is 13.9 Å². The maximum Gasteiger partial charge on any atom is 0.169 e. The third kappa shape index (κ3) is 5.82. The zero-order valence-electron chi connectivity index (χ0n) is 20.7. The summed E-state index contributed by atoms with van der Waals surface area (Å²) in [7, 11) is 1.68. The van der Waals surface area contributed by atoms with Crippen molar-refractivity contribution >= 4 is 34.1 Å². The van der Waals surface area contributed by atoms with Crippen LogP contribution in [0.4, 0.5) is 5.82 Å². The number of nitrogens with one attached hydrogen (secondary N) is 2. The minimum atomic E-state index is 0.533. The third-order valence-electron chi connectivity index (χ3n) is 6.90. The number of ether oxygens (including phenoxy) is 2. The Bertz CT molecular complexity index is 1140. The zero-order chi connectivity index (χ0) is 24.7. The van der Waals surface area contributed by atoms with Crippen LogP contribution in [0, 0.1) is 0 Å². The lowest BCUT2D eigenvalue weighted by Crippen LogP contribution is -2.51. The van der Waals surface area contributed by atoms with Crippen molar-refractivity contribution in [3.63, 3.8) is 0 Å². The van der Waals surface area contributed by atoms with E-state index in [1.807, 2.05) is 24.3 Å². The standard InChI is InChI=1S/C26H34N6O3S/c1-33-23-15-21-22(16-24(23)35-14-7-19-5-2-3-8-27-19)29-18-30-25(21)31-9-11-32(12-10-31)26(36)28-17-20-6-4-13-34-20/h4,6,13,15-16,18-19,27H,2-3,5,7-12,14,17H2,1H3,(H,28,36). The summed E-state index contributed by atoms with van der Waals surface area (Å²) >= 11 is 5.60. The highest BCUT2D eigenvalue weighted by Crippen LogP contribution is 2.35. The minimum absolute atomic E-state index is 0.533. The molecule has 0 spiro atoms. The molecule has 0 aliphatic carbocycles. The van der Waals surface area contributed by atoms with E-state index >= 15 is 0 Å². The zero-order valence-corrected chi connectivity index (χ0v) is 21.6. The summed E-state index contributed by atoms with van der Waals surface area (Å²) in [6.45, 7) is 5.57. The van der Waals surface area contributed by atoms with E-state index in [-0.39, 0.29) is 0 Å². The summed E-state index contributed by atoms with van der Waals surface area (Å²) in [4.78, 5) is 13.6. The largest absolute Gasteiger partial charge is 0.493 e. The van der Waals surface area contributed by atoms with Crippen LogP contribution in [-0.2, 0) is 6.54 Å². The van der Waals surface area contributed by atoms with Crippen molar-refractivity contribution in [2.45, 2.75) is 38.3 Å². The normalized spacial score (nSPS) is 18.3. The van der Waals surface area contributed by atoms with Crippen LogP contribution in [-0.4, -0.2) is 72.5 Å². The van der Waals surface area contributed by atoms with Crippen molar-refractivity contribution in [1.29, 1.82) is 0 Å². The van der Waals surface area contributed by atoms with Gasteiger partial charge in [-0.15, -0.1) is 0 Å². The van der Waals surface area contributed by atoms with Crippen molar-refractivity contribution in [3.8, 4) is 11.5 Å². The summed E-state index contributed by atoms with van der Waals surface area (Å²) in [5, 5.41) is 8.56. The Balaban J connectivity index is 1.22. The average molecular weight is 511 g/mol. The number of piperidine rings is 1. The molecule has 1 atom stereocenters. The van der Waals surface area contributed by atoms with Gasteiger partial charge in [0.25, 0.3) is 0 Å². The summed E-state index contributed by atoms with van der Waals surface area (Å²) in [6, 6.07) is 8.32. The molecule has 4 heterocycles. The number of rotatable bonds is 8. The van der Waals surface area contributed by atoms with Crippen LogP contribution in [0.5, 0.6) is 11.5 Å². The van der Waals surface area contributed by atoms with Gasteiger partial charge in [0.05, 0.1) is 32.0 Å². The van der Waals surface area contributed by atoms with Crippen LogP contribution >= 0.6 is 12.2 Å². The van der Waals surface area contributed by atoms with Gasteiger partial charge in [-0.25, -0.2) is 9.97 Å². The first-order chi connectivity index (χ1) is 17.7. The van der Waals surface area contributed by atoms with E-state index in [2.05, 4.69) is 30.4 Å². The summed E-state index contributed by atoms with van der Waals surface area (Å²) in [5.41, 5.74) is 0.852. The second-order valence-corrected chi connectivity index (χ2v) is 9.60. The Labute approximate surface area is 217 Å². The number of furan rings is 1. The number of thiocarbonyl (C=S) groups is 1. The lowest BCUT2D eigenvalue weighted by atomic mass is 10.0. The van der Waals surface area contributed by atoms with Crippen LogP contribution in [0.2, 0.25) is 0 Å². The number of methoxy groups -OCH3 is 1. The topological polar surface area (TPSA) is 87.9 Å². The predicted octanol–water partition coefficient (Wildman–Crippen LogP) is 3.34. The third-order valence-corrected chi connectivity index (χ3v) is 7.30. The molecule has 9 nitrogen and oxygen atoms in total. The van der Waals surface area contributed by atoms with Gasteiger partial charge in [0.15, 0.2) is 16.6 Å². The predicted molar refractivity (Wildman–Crippen MR) is 144 cm³/mol. The van der Waals surface area contributed by atoms with Crippen molar-refractivity contribution in [3.05, 3.63) is 42.6 Å². The number of hydrogen-bond acceptors (Lipinski definition) is 8. The molecule has 5 rings (SSSR count). The average Bonchev–Trinajstić information content (AvgIpc) is 3.45. The van der Waals surface area contributed by atoms with Gasteiger partial charge in [-0.2, -0.15) is 0 Å². The van der Waals surface area contributed by atoms with Crippen LogP contribution in [0.15, 0.2) is 41.3 Å². The van der Waals surface area contributed by atoms with Gasteiger partial charge in [0, 0.05) is 43.7 Å². The molecule has 3 aromatic rings. The molecule has 36 heavy (non-hydrogen) atoms. The molecule has 2 aliphatic heterocycles. The van der Waals surface area contributed by atoms with Crippen LogP contribution in [0.25, 0.3) is 10.9 Å². The maximum absolute atomic E-state index is 6.14. The Morgan fingerprint density at radius 3 is 2.83 bits per heavy atom. The second kappa shape index (κ2) is 11.7. The molecular formula is C26H34N6O3S. The van der Waals surface area contributed by atoms with Gasteiger partial charge in [0.2, 0.25) is 0 Å². The lowest BCUT2D eigenvalue weighted by Gasteiger charge is -2.37. The molecule has 2 N–H and O–H groups in total. The first-order valence-corrected chi connectivity index (χ1v) is 13.1. The van der Waals surface area contributed by atoms with E-state index in [9.17, 15) is 0 Å². The molecule has 1 aromatic carbocycles. The van der Waals surface area contributed by atoms with Crippen LogP contribution in [0.1, 0.15) is 31.4 Å². The van der Waals surface area contributed by atoms with Crippen molar-refractivity contribution in [2.24, 2.45) is 0 Å². The van der Waals surface area contributed by atoms with Gasteiger partial charge in [-0.05, 0) is 56.2 Å². The number of piperazine rings is 1. The number of nitrogens with zero attached hydrogens (tertiary/aromatic N) is 4. The Morgan fingerprint density at radius 1 is 1.19 bits per heavy atom. The number of benzene rings is 1. The highest BCUT2D eigenvalue weighted by molar-refractivity contribution is 7.80. The second-order valence-electron chi connectivity index (χ2n) is 9.21. The van der Waals surface area contributed by atoms with E-state index in [1.54, 1.807) is 19.7 Å². The van der Waals surface area contributed by atoms with Crippen molar-refractivity contribution in [1.82, 2.24) is 25.5 Å². The van der Waals surface area contributed by atoms with E-state index in [0.717, 1.165) is 72.5 Å². The van der Waals surface area contributed by atoms with Gasteiger partial charge in [-0.1, -0.05) is 6.42 Å². The molecule has 0 saturated carbocycles. The lowest BCUT2D eigenvalue weighted by molar-refractivity contribution is 0.257. The Hall–Kier alpha value is -3.11. The molecule has 1 unspecified atom stereocenters. The fourth-order valence-electron chi connectivity index (χ4n) is 4.87. The Kier molecular flexibility index (Phi) is 8.02. The van der Waals surface area contributed by atoms with E-state index in [0.29, 0.717) is 24.9 Å². The monoisotopic (exact) mass is 510 g/mol. The van der Waals surface area contributed by atoms with Gasteiger partial charge in [-0.3, -0.25) is 0 Å². The number of fused-ring (bicyclic) bond motifs is 1. The van der Waals surface area contributed by atoms with E-state index in [1.165, 1.54) is 19.3 Å². The smallest absolute Gasteiger partial charge is 0.169 e. The molecule has 2 aliphatic rings. The molecule has 2 aromatic heterocycles. The van der Waals surface area contributed by atoms with Crippen molar-refractivity contribution in [2.75, 3.05) is 51.3 Å². The number of hydrogen-bond donors (Lipinski definition) is 2. The Morgan fingerprint density at radius 2 is 2.08 bits per heavy atom. The van der Waals surface area contributed by atoms with Gasteiger partial charge < -0.3 is 34.3 Å². The SMILES string of the molecule is COc1cc2c(N3CCN(C(=S)NCc4ccco4)CC3)ncnc2cc1OCCC1CCCCN1. The van der Waals surface area contributed by atoms with Gasteiger partial charge in [0.1, 0.15) is 17.9 Å². The van der Waals surface area contributed by atoms with Crippen LogP contribution < -0.4 is 25.0 Å². The quantitative estimate of drug-likeness (QED) is 0.440. The first kappa shape index (κ1) is 24.6. The molecule has 0 bridgehead atoms. The molecule has 192 valence electrons. The number of aromatic nitrogens is 2. The highest BCUT2D eigenvalue weighted by Gasteiger charge is 2.23. The first-order valence-electron chi connectivity index (χ1n) is 12.7. The fraction of sp³-hybridized carbons (Fsp3) is 0.500. The number of anilines is 1. The fourth-order valence-corrected chi connectivity index (χ4v) is 5.12. The summed E-state index contributed by atoms with van der Waals surface area (Å²) in [5.74, 6) is 3.21. The maximum atomic E-state index is 6.14. The molecule has 0 radical (unpaired) electrons. The van der Waals surface area contributed by atoms with Gasteiger partial charge >= 0.3 is 0 Å². The van der Waals surface area contributed by atoms with E-state index < -0.39 is 0 Å². The molecule has 2 saturated heterocycles. The van der Waals surface area contributed by atoms with Crippen LogP contribution in [0.3, 0.4) is 0 Å². The molecule has 10 heteroatoms. The van der Waals surface area contributed by atoms with E-state index in [4.69, 9.17) is 26.1 Å². The molecule has 0 amide bonds. The summed E-state index contributed by atoms with van der Waals surface area (Å²) < 4.78 is 17.2. The molecule has 2 fully saturated rings. The summed E-state index contributed by atoms with van der Waals surface area (Å²) in [6.07, 6.45) is 8.05. The molecular weight excluding hydrogens is 476 g/mol. The minimum Gasteiger partial charge on any atom is -0.493 e. The highest BCUT2D eigenvalue weighted by atomic mass is 32.1.